The van der Waals surface area contributed by atoms with Crippen molar-refractivity contribution in [3.8, 4) is 17.2 Å². The number of phenolic OH excluding ortho intramolecular Hbond substituents is 2. The lowest BCUT2D eigenvalue weighted by atomic mass is 9.71. The Balaban J connectivity index is 0.000000179. The van der Waals surface area contributed by atoms with Gasteiger partial charge in [-0.25, -0.2) is 0 Å². The van der Waals surface area contributed by atoms with Crippen LogP contribution >= 0.6 is 0 Å². The third-order valence-electron chi connectivity index (χ3n) is 9.73. The van der Waals surface area contributed by atoms with Gasteiger partial charge in [0.15, 0.2) is 0 Å². The molecular formula is C47H43NO3. The Morgan fingerprint density at radius 2 is 0.686 bits per heavy atom. The number of nitrogens with zero attached hydrogens (tertiary/aromatic N) is 1. The molecule has 51 heavy (non-hydrogen) atoms. The van der Waals surface area contributed by atoms with Crippen LogP contribution in [0.2, 0.25) is 0 Å². The largest absolute Gasteiger partial charge is 0.872 e. The normalized spacial score (nSPS) is 11.4. The van der Waals surface area contributed by atoms with Gasteiger partial charge < -0.3 is 15.3 Å². The molecule has 254 valence electrons. The van der Waals surface area contributed by atoms with Crippen molar-refractivity contribution in [3.63, 3.8) is 0 Å². The summed E-state index contributed by atoms with van der Waals surface area (Å²) in [6.45, 7) is 8.47. The number of benzene rings is 7. The van der Waals surface area contributed by atoms with Gasteiger partial charge in [0.2, 0.25) is 0 Å². The van der Waals surface area contributed by atoms with Gasteiger partial charge in [0.1, 0.15) is 34.2 Å². The zero-order chi connectivity index (χ0) is 36.0. The number of hydrogen-bond donors (Lipinski definition) is 2. The number of rotatable bonds is 7. The van der Waals surface area contributed by atoms with Crippen LogP contribution in [0.25, 0.3) is 0 Å². The zero-order valence-electron chi connectivity index (χ0n) is 29.5. The van der Waals surface area contributed by atoms with E-state index in [-0.39, 0.29) is 17.2 Å². The molecule has 0 spiro atoms. The topological polar surface area (TPSA) is 63.5 Å². The van der Waals surface area contributed by atoms with Crippen LogP contribution in [0.5, 0.6) is 17.2 Å². The molecule has 0 amide bonds. The van der Waals surface area contributed by atoms with Crippen molar-refractivity contribution in [1.29, 1.82) is 0 Å². The standard InChI is InChI=1S/C27H26N.C20H18O3/c1-21-9-15-25(16-10-21)28(24-7-5-4-6-8-24,26-17-11-22(2)12-18-26)27-19-13-23(3)14-20-27;1-20(14-2-8-17(21)9-3-14,15-4-10-18(22)11-5-15)16-6-12-19(23)13-7-16/h4-20H,1-3H3;2-13,21-23H,1H3/q+1;/p-1. The van der Waals surface area contributed by atoms with Crippen LogP contribution in [0.15, 0.2) is 176 Å². The van der Waals surface area contributed by atoms with Gasteiger partial charge >= 0.3 is 0 Å². The van der Waals surface area contributed by atoms with Crippen LogP contribution in [-0.2, 0) is 5.41 Å². The molecule has 0 radical (unpaired) electrons. The molecule has 4 heteroatoms. The van der Waals surface area contributed by atoms with Gasteiger partial charge in [-0.1, -0.05) is 120 Å². The predicted octanol–water partition coefficient (Wildman–Crippen LogP) is 11.4. The number of quaternary nitrogens is 1. The lowest BCUT2D eigenvalue weighted by molar-refractivity contribution is -0.268. The SMILES string of the molecule is CC(c1ccc([O-])cc1)(c1ccc(O)cc1)c1ccc(O)cc1.Cc1ccc([N+](c2ccccc2)(c2ccc(C)cc2)c2ccc(C)cc2)cc1. The van der Waals surface area contributed by atoms with Crippen LogP contribution in [0.1, 0.15) is 40.3 Å². The maximum atomic E-state index is 11.4. The van der Waals surface area contributed by atoms with Crippen molar-refractivity contribution < 1.29 is 15.3 Å². The van der Waals surface area contributed by atoms with Crippen molar-refractivity contribution >= 4 is 22.7 Å². The van der Waals surface area contributed by atoms with E-state index in [0.717, 1.165) is 16.7 Å². The molecule has 7 aromatic rings. The molecule has 7 aromatic carbocycles. The molecule has 0 aliphatic carbocycles. The molecule has 7 rings (SSSR count). The van der Waals surface area contributed by atoms with Crippen LogP contribution in [-0.4, -0.2) is 10.2 Å². The van der Waals surface area contributed by atoms with E-state index >= 15 is 0 Å². The molecule has 0 aliphatic rings. The van der Waals surface area contributed by atoms with Crippen LogP contribution < -0.4 is 9.59 Å². The number of phenols is 2. The summed E-state index contributed by atoms with van der Waals surface area (Å²) in [5, 5.41) is 30.6. The monoisotopic (exact) mass is 669 g/mol. The van der Waals surface area contributed by atoms with Crippen LogP contribution in [0.4, 0.5) is 22.7 Å². The first-order valence-corrected chi connectivity index (χ1v) is 17.1. The molecule has 2 N–H and O–H groups in total. The van der Waals surface area contributed by atoms with Gasteiger partial charge in [-0.05, 0) is 68.7 Å². The molecule has 0 unspecified atom stereocenters. The van der Waals surface area contributed by atoms with Crippen molar-refractivity contribution in [2.75, 3.05) is 0 Å². The molecule has 0 heterocycles. The highest BCUT2D eigenvalue weighted by Crippen LogP contribution is 2.51. The quantitative estimate of drug-likeness (QED) is 0.131. The number of para-hydroxylation sites is 1. The van der Waals surface area contributed by atoms with Crippen molar-refractivity contribution in [3.05, 3.63) is 209 Å². The van der Waals surface area contributed by atoms with Gasteiger partial charge in [0.25, 0.3) is 0 Å². The van der Waals surface area contributed by atoms with Gasteiger partial charge in [0, 0.05) is 53.9 Å². The Bertz CT molecular complexity index is 1930. The summed E-state index contributed by atoms with van der Waals surface area (Å²) >= 11 is 0. The number of aromatic hydroxyl groups is 2. The second-order valence-corrected chi connectivity index (χ2v) is 13.3. The minimum Gasteiger partial charge on any atom is -0.872 e. The fourth-order valence-electron chi connectivity index (χ4n) is 6.73. The highest BCUT2D eigenvalue weighted by molar-refractivity contribution is 5.81. The molecule has 4 nitrogen and oxygen atoms in total. The van der Waals surface area contributed by atoms with E-state index in [2.05, 4.69) is 131 Å². The molecule has 0 atom stereocenters. The van der Waals surface area contributed by atoms with E-state index in [9.17, 15) is 15.3 Å². The van der Waals surface area contributed by atoms with E-state index in [4.69, 9.17) is 0 Å². The maximum absolute atomic E-state index is 11.4. The molecule has 0 aliphatic heterocycles. The van der Waals surface area contributed by atoms with Gasteiger partial charge in [-0.15, -0.1) is 5.75 Å². The van der Waals surface area contributed by atoms with Crippen molar-refractivity contribution in [2.45, 2.75) is 33.1 Å². The molecular weight excluding hydrogens is 627 g/mol. The summed E-state index contributed by atoms with van der Waals surface area (Å²) in [6, 6.07) is 58.3. The minimum absolute atomic E-state index is 0.0347. The molecule has 0 fully saturated rings. The smallest absolute Gasteiger partial charge is 0.148 e. The molecule has 0 saturated carbocycles. The lowest BCUT2D eigenvalue weighted by Gasteiger charge is -2.37. The molecule has 0 bridgehead atoms. The first kappa shape index (κ1) is 34.8. The summed E-state index contributed by atoms with van der Waals surface area (Å²) in [6.07, 6.45) is 0. The third kappa shape index (κ3) is 7.14. The summed E-state index contributed by atoms with van der Waals surface area (Å²) < 4.78 is 0.557. The highest BCUT2D eigenvalue weighted by atomic mass is 16.3. The minimum atomic E-state index is -0.505. The predicted molar refractivity (Wildman–Crippen MR) is 208 cm³/mol. The van der Waals surface area contributed by atoms with Gasteiger partial charge in [-0.3, -0.25) is 0 Å². The maximum Gasteiger partial charge on any atom is 0.148 e. The Morgan fingerprint density at radius 1 is 0.392 bits per heavy atom. The lowest BCUT2D eigenvalue weighted by Crippen LogP contribution is -2.33. The first-order chi connectivity index (χ1) is 24.6. The van der Waals surface area contributed by atoms with E-state index in [0.29, 0.717) is 4.48 Å². The van der Waals surface area contributed by atoms with Crippen LogP contribution in [0, 0.1) is 20.8 Å². The van der Waals surface area contributed by atoms with E-state index < -0.39 is 5.41 Å². The summed E-state index contributed by atoms with van der Waals surface area (Å²) in [5.74, 6) is 0.376. The van der Waals surface area contributed by atoms with Crippen molar-refractivity contribution in [2.24, 2.45) is 0 Å². The fraction of sp³-hybridized carbons (Fsp3) is 0.106. The Morgan fingerprint density at radius 3 is 1.02 bits per heavy atom. The summed E-state index contributed by atoms with van der Waals surface area (Å²) in [4.78, 5) is 0. The van der Waals surface area contributed by atoms with Crippen molar-refractivity contribution in [1.82, 2.24) is 4.48 Å². The Kier molecular flexibility index (Phi) is 10.1. The van der Waals surface area contributed by atoms with E-state index in [1.165, 1.54) is 39.4 Å². The van der Waals surface area contributed by atoms with E-state index in [1.54, 1.807) is 36.4 Å². The number of hydrogen-bond acceptors (Lipinski definition) is 3. The summed E-state index contributed by atoms with van der Waals surface area (Å²) in [7, 11) is 0. The van der Waals surface area contributed by atoms with Crippen LogP contribution in [0.3, 0.4) is 0 Å². The molecule has 0 aromatic heterocycles. The second kappa shape index (κ2) is 14.8. The van der Waals surface area contributed by atoms with E-state index in [1.807, 2.05) is 36.4 Å². The fourth-order valence-corrected chi connectivity index (χ4v) is 6.73. The molecule has 0 saturated heterocycles. The highest BCUT2D eigenvalue weighted by Gasteiger charge is 2.39. The number of aryl methyl sites for hydroxylation is 3. The Labute approximate surface area is 301 Å². The third-order valence-corrected chi connectivity index (χ3v) is 9.73. The average Bonchev–Trinajstić information content (AvgIpc) is 3.15. The zero-order valence-corrected chi connectivity index (χ0v) is 29.5. The van der Waals surface area contributed by atoms with Gasteiger partial charge in [-0.2, -0.15) is 4.48 Å². The second-order valence-electron chi connectivity index (χ2n) is 13.3. The summed E-state index contributed by atoms with van der Waals surface area (Å²) in [5.41, 5.74) is 11.1. The average molecular weight is 670 g/mol. The Hall–Kier alpha value is -6.10. The first-order valence-electron chi connectivity index (χ1n) is 17.1. The van der Waals surface area contributed by atoms with Gasteiger partial charge in [0.05, 0.1) is 0 Å².